The molecule has 0 aliphatic rings. The molecule has 0 bridgehead atoms. The normalized spacial score (nSPS) is 12.2. The number of hydrogen-bond acceptors (Lipinski definition) is 3. The van der Waals surface area contributed by atoms with Crippen LogP contribution in [0.15, 0.2) is 12.3 Å². The van der Waals surface area contributed by atoms with Crippen molar-refractivity contribution in [3.05, 3.63) is 12.3 Å². The zero-order valence-corrected chi connectivity index (χ0v) is 5.55. The summed E-state index contributed by atoms with van der Waals surface area (Å²) in [6, 6.07) is -0.0926. The summed E-state index contributed by atoms with van der Waals surface area (Å²) in [4.78, 5) is 9.79. The highest BCUT2D eigenvalue weighted by molar-refractivity contribution is 5.52. The van der Waals surface area contributed by atoms with Gasteiger partial charge in [-0.1, -0.05) is 6.58 Å². The maximum absolute atomic E-state index is 9.79. The molecule has 0 aromatic rings. The summed E-state index contributed by atoms with van der Waals surface area (Å²) in [7, 11) is 0. The number of nitrogens with two attached hydrogens (primary N) is 1. The topological polar surface area (TPSA) is 55.1 Å². The second kappa shape index (κ2) is 4.09. The van der Waals surface area contributed by atoms with Crippen LogP contribution in [0.3, 0.4) is 0 Å². The Balaban J connectivity index is 3.38. The lowest BCUT2D eigenvalue weighted by Gasteiger charge is -2.08. The van der Waals surface area contributed by atoms with Gasteiger partial charge in [-0.15, -0.1) is 0 Å². The Morgan fingerprint density at radius 1 is 2.00 bits per heavy atom. The second-order valence-electron chi connectivity index (χ2n) is 1.86. The lowest BCUT2D eigenvalue weighted by atomic mass is 10.3. The molecule has 0 unspecified atom stereocenters. The van der Waals surface area contributed by atoms with Gasteiger partial charge in [0.1, 0.15) is 6.29 Å². The minimum atomic E-state index is -0.0926. The molecule has 0 aliphatic heterocycles. The van der Waals surface area contributed by atoms with Crippen LogP contribution in [0.25, 0.3) is 0 Å². The molecule has 52 valence electrons. The molecular formula is C6H12N2O. The Morgan fingerprint density at radius 2 is 2.56 bits per heavy atom. The van der Waals surface area contributed by atoms with Crippen molar-refractivity contribution in [1.82, 2.24) is 5.32 Å². The molecule has 1 atom stereocenters. The molecule has 3 nitrogen and oxygen atoms in total. The van der Waals surface area contributed by atoms with Crippen molar-refractivity contribution < 1.29 is 4.79 Å². The van der Waals surface area contributed by atoms with Crippen molar-refractivity contribution >= 4 is 6.29 Å². The van der Waals surface area contributed by atoms with Crippen LogP contribution in [0.4, 0.5) is 0 Å². The van der Waals surface area contributed by atoms with Gasteiger partial charge in [0.25, 0.3) is 0 Å². The van der Waals surface area contributed by atoms with Crippen molar-refractivity contribution in [3.8, 4) is 0 Å². The van der Waals surface area contributed by atoms with E-state index in [0.717, 1.165) is 6.29 Å². The number of carbonyl (C=O) groups is 1. The van der Waals surface area contributed by atoms with Crippen LogP contribution >= 0.6 is 0 Å². The lowest BCUT2D eigenvalue weighted by molar-refractivity contribution is -0.107. The van der Waals surface area contributed by atoms with E-state index in [9.17, 15) is 4.79 Å². The van der Waals surface area contributed by atoms with E-state index in [1.807, 2.05) is 0 Å². The predicted molar refractivity (Wildman–Crippen MR) is 36.9 cm³/mol. The Morgan fingerprint density at radius 3 is 2.89 bits per heavy atom. The van der Waals surface area contributed by atoms with Gasteiger partial charge in [0, 0.05) is 11.7 Å². The van der Waals surface area contributed by atoms with Gasteiger partial charge in [0.15, 0.2) is 0 Å². The molecule has 0 saturated heterocycles. The summed E-state index contributed by atoms with van der Waals surface area (Å²) >= 11 is 0. The molecule has 0 aromatic heterocycles. The fraction of sp³-hybridized carbons (Fsp3) is 0.500. The van der Waals surface area contributed by atoms with Crippen molar-refractivity contribution in [3.63, 3.8) is 0 Å². The van der Waals surface area contributed by atoms with Gasteiger partial charge in [-0.2, -0.15) is 0 Å². The molecular weight excluding hydrogens is 116 g/mol. The molecule has 9 heavy (non-hydrogen) atoms. The van der Waals surface area contributed by atoms with E-state index < -0.39 is 0 Å². The van der Waals surface area contributed by atoms with Crippen LogP contribution in [0.2, 0.25) is 0 Å². The fourth-order valence-corrected chi connectivity index (χ4v) is 0.334. The largest absolute Gasteiger partial charge is 0.381 e. The molecule has 3 heteroatoms. The summed E-state index contributed by atoms with van der Waals surface area (Å²) in [6.45, 7) is 5.69. The quantitative estimate of drug-likeness (QED) is 0.508. The van der Waals surface area contributed by atoms with E-state index in [-0.39, 0.29) is 6.04 Å². The highest BCUT2D eigenvalue weighted by Crippen LogP contribution is 1.86. The third kappa shape index (κ3) is 3.73. The Hall–Kier alpha value is -0.830. The summed E-state index contributed by atoms with van der Waals surface area (Å²) in [5.74, 6) is 0. The van der Waals surface area contributed by atoms with Crippen molar-refractivity contribution in [2.75, 3.05) is 6.54 Å². The van der Waals surface area contributed by atoms with E-state index >= 15 is 0 Å². The Bertz CT molecular complexity index is 110. The number of aldehydes is 1. The maximum Gasteiger partial charge on any atom is 0.139 e. The molecule has 0 radical (unpaired) electrons. The number of rotatable bonds is 4. The van der Waals surface area contributed by atoms with Crippen LogP contribution < -0.4 is 11.1 Å². The predicted octanol–water partition coefficient (Wildman–Crippen LogP) is -0.364. The van der Waals surface area contributed by atoms with Crippen molar-refractivity contribution in [1.29, 1.82) is 0 Å². The maximum atomic E-state index is 9.79. The molecule has 0 spiro atoms. The zero-order valence-electron chi connectivity index (χ0n) is 5.55. The summed E-state index contributed by atoms with van der Waals surface area (Å²) < 4.78 is 0. The van der Waals surface area contributed by atoms with Gasteiger partial charge >= 0.3 is 0 Å². The Kier molecular flexibility index (Phi) is 3.71. The molecule has 0 fully saturated rings. The lowest BCUT2D eigenvalue weighted by Crippen LogP contribution is -2.28. The van der Waals surface area contributed by atoms with E-state index in [4.69, 9.17) is 5.73 Å². The highest BCUT2D eigenvalue weighted by Gasteiger charge is 1.96. The summed E-state index contributed by atoms with van der Waals surface area (Å²) in [6.07, 6.45) is 0.771. The molecule has 0 aromatic carbocycles. The fourth-order valence-electron chi connectivity index (χ4n) is 0.334. The third-order valence-corrected chi connectivity index (χ3v) is 0.962. The van der Waals surface area contributed by atoms with Gasteiger partial charge in [-0.05, 0) is 6.92 Å². The molecule has 0 rings (SSSR count). The molecule has 0 saturated carbocycles. The first kappa shape index (κ1) is 8.17. The molecule has 0 heterocycles. The van der Waals surface area contributed by atoms with Crippen molar-refractivity contribution in [2.24, 2.45) is 5.73 Å². The van der Waals surface area contributed by atoms with Crippen LogP contribution in [-0.4, -0.2) is 18.9 Å². The first-order valence-electron chi connectivity index (χ1n) is 2.80. The number of nitrogens with one attached hydrogen (secondary N) is 1. The monoisotopic (exact) mass is 128 g/mol. The third-order valence-electron chi connectivity index (χ3n) is 0.962. The van der Waals surface area contributed by atoms with Crippen LogP contribution in [0.1, 0.15) is 6.92 Å². The summed E-state index contributed by atoms with van der Waals surface area (Å²) in [5, 5.41) is 2.74. The van der Waals surface area contributed by atoms with Gasteiger partial charge in [0.2, 0.25) is 0 Å². The van der Waals surface area contributed by atoms with E-state index in [1.54, 1.807) is 6.92 Å². The first-order chi connectivity index (χ1) is 4.18. The minimum Gasteiger partial charge on any atom is -0.381 e. The molecule has 0 aliphatic carbocycles. The van der Waals surface area contributed by atoms with Crippen LogP contribution in [0, 0.1) is 0 Å². The van der Waals surface area contributed by atoms with Gasteiger partial charge in [0.05, 0.1) is 6.54 Å². The van der Waals surface area contributed by atoms with Crippen LogP contribution in [0.5, 0.6) is 0 Å². The smallest absolute Gasteiger partial charge is 0.139 e. The highest BCUT2D eigenvalue weighted by atomic mass is 16.1. The average molecular weight is 128 g/mol. The summed E-state index contributed by atoms with van der Waals surface area (Å²) in [5.41, 5.74) is 6.10. The number of hydrogen-bond donors (Lipinski definition) is 2. The molecule has 0 amide bonds. The average Bonchev–Trinajstić information content (AvgIpc) is 1.82. The second-order valence-corrected chi connectivity index (χ2v) is 1.86. The van der Waals surface area contributed by atoms with Gasteiger partial charge < -0.3 is 15.8 Å². The standard InChI is InChI=1S/C6H12N2O/c1-5(7)6(2)8-3-4-9/h4-5,8H,2-3,7H2,1H3/t5-/m0/s1. The van der Waals surface area contributed by atoms with E-state index in [1.165, 1.54) is 0 Å². The Labute approximate surface area is 54.9 Å². The zero-order chi connectivity index (χ0) is 7.28. The first-order valence-corrected chi connectivity index (χ1v) is 2.80. The molecule has 3 N–H and O–H groups in total. The van der Waals surface area contributed by atoms with Gasteiger partial charge in [-0.3, -0.25) is 0 Å². The number of carbonyl (C=O) groups excluding carboxylic acids is 1. The van der Waals surface area contributed by atoms with Gasteiger partial charge in [-0.25, -0.2) is 0 Å². The van der Waals surface area contributed by atoms with Crippen LogP contribution in [-0.2, 0) is 4.79 Å². The van der Waals surface area contributed by atoms with E-state index in [2.05, 4.69) is 11.9 Å². The van der Waals surface area contributed by atoms with Crippen molar-refractivity contribution in [2.45, 2.75) is 13.0 Å². The SMILES string of the molecule is C=C(NCC=O)[C@H](C)N. The van der Waals surface area contributed by atoms with E-state index in [0.29, 0.717) is 12.2 Å². The minimum absolute atomic E-state index is 0.0926.